The standard InChI is InChI=1S/C7H10NO3P/c1-8(12(9,10)11)7-5-3-2-4-6-7/h2-6H,1H3,(H2,9,10,11). The van der Waals surface area contributed by atoms with Crippen LogP contribution < -0.4 is 4.67 Å². The van der Waals surface area contributed by atoms with Crippen LogP contribution in [0, 0.1) is 0 Å². The highest BCUT2D eigenvalue weighted by atomic mass is 31.2. The molecule has 1 rings (SSSR count). The minimum atomic E-state index is -4.15. The summed E-state index contributed by atoms with van der Waals surface area (Å²) in [5.41, 5.74) is 0.505. The second kappa shape index (κ2) is 3.27. The fraction of sp³-hybridized carbons (Fsp3) is 0.143. The molecule has 5 heteroatoms. The minimum Gasteiger partial charge on any atom is -0.308 e. The van der Waals surface area contributed by atoms with Crippen molar-refractivity contribution in [2.45, 2.75) is 0 Å². The second-order valence-corrected chi connectivity index (χ2v) is 4.00. The van der Waals surface area contributed by atoms with E-state index in [0.29, 0.717) is 5.69 Å². The summed E-state index contributed by atoms with van der Waals surface area (Å²) in [6.45, 7) is 0. The maximum Gasteiger partial charge on any atom is 0.429 e. The molecule has 0 saturated heterocycles. The van der Waals surface area contributed by atoms with Gasteiger partial charge in [-0.25, -0.2) is 4.57 Å². The van der Waals surface area contributed by atoms with Crippen LogP contribution in [0.15, 0.2) is 30.3 Å². The second-order valence-electron chi connectivity index (χ2n) is 2.37. The minimum absolute atomic E-state index is 0.505. The van der Waals surface area contributed by atoms with Crippen LogP contribution in [0.1, 0.15) is 0 Å². The van der Waals surface area contributed by atoms with Crippen LogP contribution in [0.4, 0.5) is 5.69 Å². The lowest BCUT2D eigenvalue weighted by Crippen LogP contribution is -2.12. The number of para-hydroxylation sites is 1. The van der Waals surface area contributed by atoms with Crippen LogP contribution in [-0.4, -0.2) is 16.8 Å². The van der Waals surface area contributed by atoms with Gasteiger partial charge in [0.1, 0.15) is 0 Å². The molecular formula is C7H10NO3P. The largest absolute Gasteiger partial charge is 0.429 e. The van der Waals surface area contributed by atoms with Gasteiger partial charge in [0.15, 0.2) is 0 Å². The number of rotatable bonds is 2. The first-order chi connectivity index (χ1) is 5.52. The van der Waals surface area contributed by atoms with Gasteiger partial charge in [0.25, 0.3) is 0 Å². The summed E-state index contributed by atoms with van der Waals surface area (Å²) in [5, 5.41) is 0. The van der Waals surface area contributed by atoms with Crippen molar-refractivity contribution in [1.29, 1.82) is 0 Å². The molecule has 0 aliphatic rings. The van der Waals surface area contributed by atoms with Gasteiger partial charge >= 0.3 is 7.75 Å². The van der Waals surface area contributed by atoms with Crippen molar-refractivity contribution < 1.29 is 14.4 Å². The van der Waals surface area contributed by atoms with E-state index >= 15 is 0 Å². The maximum absolute atomic E-state index is 10.8. The van der Waals surface area contributed by atoms with Crippen LogP contribution in [0.5, 0.6) is 0 Å². The monoisotopic (exact) mass is 187 g/mol. The summed E-state index contributed by atoms with van der Waals surface area (Å²) in [6, 6.07) is 8.51. The van der Waals surface area contributed by atoms with Crippen LogP contribution in [0.3, 0.4) is 0 Å². The maximum atomic E-state index is 10.8. The Labute approximate surface area is 70.7 Å². The number of anilines is 1. The number of hydrogen-bond donors (Lipinski definition) is 2. The van der Waals surface area contributed by atoms with Gasteiger partial charge in [-0.2, -0.15) is 0 Å². The zero-order valence-corrected chi connectivity index (χ0v) is 7.48. The fourth-order valence-corrected chi connectivity index (χ4v) is 1.23. The molecule has 0 amide bonds. The average molecular weight is 187 g/mol. The van der Waals surface area contributed by atoms with Gasteiger partial charge in [-0.15, -0.1) is 0 Å². The van der Waals surface area contributed by atoms with E-state index in [4.69, 9.17) is 9.79 Å². The van der Waals surface area contributed by atoms with Crippen molar-refractivity contribution >= 4 is 13.4 Å². The summed E-state index contributed by atoms with van der Waals surface area (Å²) in [5.74, 6) is 0. The third kappa shape index (κ3) is 2.08. The Morgan fingerprint density at radius 1 is 1.25 bits per heavy atom. The Morgan fingerprint density at radius 3 is 2.17 bits per heavy atom. The quantitative estimate of drug-likeness (QED) is 0.683. The van der Waals surface area contributed by atoms with Crippen molar-refractivity contribution in [3.05, 3.63) is 30.3 Å². The van der Waals surface area contributed by atoms with E-state index in [1.165, 1.54) is 7.05 Å². The predicted molar refractivity (Wildman–Crippen MR) is 46.9 cm³/mol. The lowest BCUT2D eigenvalue weighted by molar-refractivity contribution is 0.371. The molecule has 0 aliphatic heterocycles. The van der Waals surface area contributed by atoms with E-state index in [2.05, 4.69) is 0 Å². The van der Waals surface area contributed by atoms with Gasteiger partial charge in [0, 0.05) is 12.7 Å². The lowest BCUT2D eigenvalue weighted by atomic mass is 10.3. The predicted octanol–water partition coefficient (Wildman–Crippen LogP) is 1.22. The summed E-state index contributed by atoms with van der Waals surface area (Å²) in [7, 11) is -2.79. The van der Waals surface area contributed by atoms with E-state index in [0.717, 1.165) is 4.67 Å². The third-order valence-electron chi connectivity index (χ3n) is 1.52. The van der Waals surface area contributed by atoms with E-state index in [1.54, 1.807) is 30.3 Å². The number of nitrogens with zero attached hydrogens (tertiary/aromatic N) is 1. The Morgan fingerprint density at radius 2 is 1.75 bits per heavy atom. The Hall–Kier alpha value is -0.830. The zero-order chi connectivity index (χ0) is 9.19. The molecule has 0 atom stereocenters. The van der Waals surface area contributed by atoms with E-state index in [9.17, 15) is 4.57 Å². The van der Waals surface area contributed by atoms with Crippen molar-refractivity contribution in [2.24, 2.45) is 0 Å². The van der Waals surface area contributed by atoms with Crippen molar-refractivity contribution in [3.63, 3.8) is 0 Å². The van der Waals surface area contributed by atoms with Crippen molar-refractivity contribution in [2.75, 3.05) is 11.7 Å². The van der Waals surface area contributed by atoms with Gasteiger partial charge < -0.3 is 9.79 Å². The van der Waals surface area contributed by atoms with E-state index < -0.39 is 7.75 Å². The van der Waals surface area contributed by atoms with Gasteiger partial charge in [-0.3, -0.25) is 4.67 Å². The highest BCUT2D eigenvalue weighted by molar-refractivity contribution is 7.53. The lowest BCUT2D eigenvalue weighted by Gasteiger charge is -2.19. The molecule has 66 valence electrons. The molecule has 1 aromatic rings. The van der Waals surface area contributed by atoms with Gasteiger partial charge in [0.2, 0.25) is 0 Å². The molecule has 0 aromatic heterocycles. The molecule has 12 heavy (non-hydrogen) atoms. The molecule has 0 heterocycles. The number of hydrogen-bond acceptors (Lipinski definition) is 1. The molecule has 0 fully saturated rings. The summed E-state index contributed by atoms with van der Waals surface area (Å²) < 4.78 is 11.7. The van der Waals surface area contributed by atoms with Gasteiger partial charge in [0.05, 0.1) is 0 Å². The SMILES string of the molecule is CN(c1ccccc1)P(=O)(O)O. The third-order valence-corrected chi connectivity index (χ3v) is 2.53. The van der Waals surface area contributed by atoms with Crippen LogP contribution in [0.25, 0.3) is 0 Å². The molecule has 4 nitrogen and oxygen atoms in total. The van der Waals surface area contributed by atoms with E-state index in [-0.39, 0.29) is 0 Å². The van der Waals surface area contributed by atoms with Crippen molar-refractivity contribution in [3.8, 4) is 0 Å². The highest BCUT2D eigenvalue weighted by Gasteiger charge is 2.20. The molecule has 2 N–H and O–H groups in total. The Bertz CT molecular complexity index is 295. The summed E-state index contributed by atoms with van der Waals surface area (Å²) in [6.07, 6.45) is 0. The molecule has 0 bridgehead atoms. The van der Waals surface area contributed by atoms with Crippen LogP contribution in [0.2, 0.25) is 0 Å². The molecule has 0 spiro atoms. The molecular weight excluding hydrogens is 177 g/mol. The zero-order valence-electron chi connectivity index (χ0n) is 6.58. The highest BCUT2D eigenvalue weighted by Crippen LogP contribution is 2.41. The normalized spacial score (nSPS) is 11.2. The van der Waals surface area contributed by atoms with Crippen LogP contribution in [-0.2, 0) is 4.57 Å². The molecule has 0 unspecified atom stereocenters. The first-order valence-electron chi connectivity index (χ1n) is 3.36. The average Bonchev–Trinajstić information content (AvgIpc) is 2.03. The molecule has 0 saturated carbocycles. The smallest absolute Gasteiger partial charge is 0.308 e. The first-order valence-corrected chi connectivity index (χ1v) is 4.93. The number of benzene rings is 1. The van der Waals surface area contributed by atoms with Gasteiger partial charge in [-0.1, -0.05) is 18.2 Å². The summed E-state index contributed by atoms with van der Waals surface area (Å²) in [4.78, 5) is 17.6. The van der Waals surface area contributed by atoms with Crippen molar-refractivity contribution in [1.82, 2.24) is 0 Å². The fourth-order valence-electron chi connectivity index (χ4n) is 0.794. The molecule has 0 aliphatic carbocycles. The van der Waals surface area contributed by atoms with Gasteiger partial charge in [-0.05, 0) is 12.1 Å². The first kappa shape index (κ1) is 9.26. The van der Waals surface area contributed by atoms with E-state index in [1.807, 2.05) is 0 Å². The summed E-state index contributed by atoms with van der Waals surface area (Å²) >= 11 is 0. The molecule has 1 aromatic carbocycles. The Kier molecular flexibility index (Phi) is 2.52. The topological polar surface area (TPSA) is 60.8 Å². The molecule has 0 radical (unpaired) electrons. The Balaban J connectivity index is 2.94. The van der Waals surface area contributed by atoms with Crippen LogP contribution >= 0.6 is 7.75 Å².